The molecule has 1 amide bonds. The summed E-state index contributed by atoms with van der Waals surface area (Å²) in [6, 6.07) is 5.63. The number of nitrogens with one attached hydrogen (secondary N) is 1. The van der Waals surface area contributed by atoms with E-state index in [0.717, 1.165) is 29.9 Å². The molecule has 0 saturated carbocycles. The Labute approximate surface area is 141 Å². The van der Waals surface area contributed by atoms with E-state index in [1.54, 1.807) is 31.1 Å². The fourth-order valence-electron chi connectivity index (χ4n) is 2.79. The summed E-state index contributed by atoms with van der Waals surface area (Å²) < 4.78 is 18.6. The number of hydrogen-bond acceptors (Lipinski definition) is 4. The molecule has 0 radical (unpaired) electrons. The largest absolute Gasteiger partial charge is 0.361 e. The highest BCUT2D eigenvalue weighted by atomic mass is 19.1. The third-order valence-electron chi connectivity index (χ3n) is 4.01. The van der Waals surface area contributed by atoms with Crippen molar-refractivity contribution in [3.8, 4) is 0 Å². The van der Waals surface area contributed by atoms with Gasteiger partial charge in [0.25, 0.3) is 0 Å². The molecule has 130 valence electrons. The number of aryl methyl sites for hydroxylation is 2. The molecule has 2 rings (SSSR count). The van der Waals surface area contributed by atoms with Crippen LogP contribution in [-0.4, -0.2) is 36.6 Å². The van der Waals surface area contributed by atoms with Crippen molar-refractivity contribution in [3.05, 3.63) is 52.7 Å². The third kappa shape index (κ3) is 4.41. The second kappa shape index (κ2) is 8.06. The van der Waals surface area contributed by atoms with Gasteiger partial charge in [-0.25, -0.2) is 4.39 Å². The highest BCUT2D eigenvalue weighted by Gasteiger charge is 2.22. The van der Waals surface area contributed by atoms with Gasteiger partial charge in [0.2, 0.25) is 5.91 Å². The van der Waals surface area contributed by atoms with Gasteiger partial charge in [-0.3, -0.25) is 9.69 Å². The van der Waals surface area contributed by atoms with Gasteiger partial charge in [-0.1, -0.05) is 17.3 Å². The van der Waals surface area contributed by atoms with E-state index in [4.69, 9.17) is 4.52 Å². The molecule has 1 aromatic carbocycles. The van der Waals surface area contributed by atoms with E-state index >= 15 is 0 Å². The lowest BCUT2D eigenvalue weighted by Crippen LogP contribution is -2.37. The van der Waals surface area contributed by atoms with Crippen LogP contribution in [0.25, 0.3) is 0 Å². The van der Waals surface area contributed by atoms with Gasteiger partial charge >= 0.3 is 0 Å². The van der Waals surface area contributed by atoms with E-state index < -0.39 is 6.04 Å². The molecule has 0 fully saturated rings. The van der Waals surface area contributed by atoms with Crippen molar-refractivity contribution in [2.24, 2.45) is 0 Å². The average Bonchev–Trinajstić information content (AvgIpc) is 2.83. The van der Waals surface area contributed by atoms with E-state index in [1.165, 1.54) is 12.1 Å². The van der Waals surface area contributed by atoms with Crippen molar-refractivity contribution in [1.82, 2.24) is 15.4 Å². The molecule has 1 N–H and O–H groups in total. The standard InChI is InChI=1S/C18H24FN3O2/c1-12-16(13(2)24-21-12)9-6-10-20-18(23)17(22(3)4)14-7-5-8-15(19)11-14/h5,7-8,11,17H,6,9-10H2,1-4H3,(H,20,23)/t17-/m1/s1. The van der Waals surface area contributed by atoms with Gasteiger partial charge in [0.05, 0.1) is 5.69 Å². The molecule has 5 nitrogen and oxygen atoms in total. The summed E-state index contributed by atoms with van der Waals surface area (Å²) in [6.45, 7) is 4.35. The van der Waals surface area contributed by atoms with Crippen molar-refractivity contribution in [2.75, 3.05) is 20.6 Å². The van der Waals surface area contributed by atoms with Crippen molar-refractivity contribution < 1.29 is 13.7 Å². The summed E-state index contributed by atoms with van der Waals surface area (Å²) in [5.74, 6) is 0.347. The number of carbonyl (C=O) groups excluding carboxylic acids is 1. The first-order chi connectivity index (χ1) is 11.4. The molecule has 0 spiro atoms. The Kier molecular flexibility index (Phi) is 6.09. The van der Waals surface area contributed by atoms with Crippen molar-refractivity contribution >= 4 is 5.91 Å². The summed E-state index contributed by atoms with van der Waals surface area (Å²) >= 11 is 0. The molecule has 0 unspecified atom stereocenters. The Morgan fingerprint density at radius 2 is 2.12 bits per heavy atom. The summed E-state index contributed by atoms with van der Waals surface area (Å²) in [6.07, 6.45) is 1.59. The summed E-state index contributed by atoms with van der Waals surface area (Å²) in [4.78, 5) is 14.3. The molecule has 1 atom stereocenters. The van der Waals surface area contributed by atoms with Gasteiger partial charge in [0, 0.05) is 12.1 Å². The molecule has 0 aliphatic rings. The topological polar surface area (TPSA) is 58.4 Å². The second-order valence-corrected chi connectivity index (χ2v) is 6.12. The van der Waals surface area contributed by atoms with Crippen molar-refractivity contribution in [3.63, 3.8) is 0 Å². The molecule has 0 aliphatic heterocycles. The highest BCUT2D eigenvalue weighted by molar-refractivity contribution is 5.83. The van der Waals surface area contributed by atoms with Crippen LogP contribution in [0.2, 0.25) is 0 Å². The molecule has 0 bridgehead atoms. The van der Waals surface area contributed by atoms with Gasteiger partial charge in [-0.15, -0.1) is 0 Å². The Balaban J connectivity index is 1.92. The molecule has 1 heterocycles. The van der Waals surface area contributed by atoms with Crippen LogP contribution in [0.5, 0.6) is 0 Å². The summed E-state index contributed by atoms with van der Waals surface area (Å²) in [5.41, 5.74) is 2.63. The highest BCUT2D eigenvalue weighted by Crippen LogP contribution is 2.19. The SMILES string of the molecule is Cc1noc(C)c1CCCNC(=O)[C@@H](c1cccc(F)c1)N(C)C. The van der Waals surface area contributed by atoms with Crippen LogP contribution in [0.1, 0.15) is 35.0 Å². The third-order valence-corrected chi connectivity index (χ3v) is 4.01. The van der Waals surface area contributed by atoms with Crippen LogP contribution in [0.3, 0.4) is 0 Å². The lowest BCUT2D eigenvalue weighted by Gasteiger charge is -2.24. The van der Waals surface area contributed by atoms with E-state index in [1.807, 2.05) is 13.8 Å². The zero-order valence-electron chi connectivity index (χ0n) is 14.6. The van der Waals surface area contributed by atoms with Crippen LogP contribution in [0, 0.1) is 19.7 Å². The minimum atomic E-state index is -0.514. The Hall–Kier alpha value is -2.21. The van der Waals surface area contributed by atoms with Crippen LogP contribution in [0.15, 0.2) is 28.8 Å². The van der Waals surface area contributed by atoms with Crippen LogP contribution in [0.4, 0.5) is 4.39 Å². The average molecular weight is 333 g/mol. The van der Waals surface area contributed by atoms with Crippen molar-refractivity contribution in [1.29, 1.82) is 0 Å². The number of amides is 1. The Morgan fingerprint density at radius 1 is 1.38 bits per heavy atom. The maximum atomic E-state index is 13.4. The number of nitrogens with zero attached hydrogens (tertiary/aromatic N) is 2. The van der Waals surface area contributed by atoms with Gasteiger partial charge in [-0.2, -0.15) is 0 Å². The first kappa shape index (κ1) is 18.1. The lowest BCUT2D eigenvalue weighted by molar-refractivity contribution is -0.125. The number of benzene rings is 1. The smallest absolute Gasteiger partial charge is 0.241 e. The van der Waals surface area contributed by atoms with Crippen molar-refractivity contribution in [2.45, 2.75) is 32.7 Å². The number of halogens is 1. The quantitative estimate of drug-likeness (QED) is 0.792. The molecule has 24 heavy (non-hydrogen) atoms. The first-order valence-electron chi connectivity index (χ1n) is 8.01. The molecule has 0 aliphatic carbocycles. The molecule has 6 heteroatoms. The van der Waals surface area contributed by atoms with Gasteiger partial charge < -0.3 is 9.84 Å². The molecule has 2 aromatic rings. The first-order valence-corrected chi connectivity index (χ1v) is 8.01. The van der Waals surface area contributed by atoms with E-state index in [9.17, 15) is 9.18 Å². The monoisotopic (exact) mass is 333 g/mol. The number of rotatable bonds is 7. The number of carbonyl (C=O) groups is 1. The van der Waals surface area contributed by atoms with Gasteiger partial charge in [0.1, 0.15) is 17.6 Å². The fraction of sp³-hybridized carbons (Fsp3) is 0.444. The normalized spacial score (nSPS) is 12.4. The molecular weight excluding hydrogens is 309 g/mol. The molecule has 1 aromatic heterocycles. The predicted molar refractivity (Wildman–Crippen MR) is 90.1 cm³/mol. The maximum Gasteiger partial charge on any atom is 0.241 e. The Bertz CT molecular complexity index is 678. The number of aromatic nitrogens is 1. The predicted octanol–water partition coefficient (Wildman–Crippen LogP) is 2.78. The van der Waals surface area contributed by atoms with E-state index in [-0.39, 0.29) is 11.7 Å². The summed E-state index contributed by atoms with van der Waals surface area (Å²) in [7, 11) is 3.61. The van der Waals surface area contributed by atoms with E-state index in [0.29, 0.717) is 12.1 Å². The maximum absolute atomic E-state index is 13.4. The molecule has 0 saturated heterocycles. The van der Waals surface area contributed by atoms with E-state index in [2.05, 4.69) is 10.5 Å². The minimum absolute atomic E-state index is 0.135. The van der Waals surface area contributed by atoms with Gasteiger partial charge in [-0.05, 0) is 58.5 Å². The van der Waals surface area contributed by atoms with Gasteiger partial charge in [0.15, 0.2) is 0 Å². The number of likely N-dealkylation sites (N-methyl/N-ethyl adjacent to an activating group) is 1. The van der Waals surface area contributed by atoms with Crippen LogP contribution < -0.4 is 5.32 Å². The Morgan fingerprint density at radius 3 is 2.71 bits per heavy atom. The number of hydrogen-bond donors (Lipinski definition) is 1. The zero-order chi connectivity index (χ0) is 17.7. The lowest BCUT2D eigenvalue weighted by atomic mass is 10.0. The molecular formula is C18H24FN3O2. The fourth-order valence-corrected chi connectivity index (χ4v) is 2.79. The zero-order valence-corrected chi connectivity index (χ0v) is 14.6. The van der Waals surface area contributed by atoms with Crippen LogP contribution in [-0.2, 0) is 11.2 Å². The summed E-state index contributed by atoms with van der Waals surface area (Å²) in [5, 5.41) is 6.85. The van der Waals surface area contributed by atoms with Crippen LogP contribution >= 0.6 is 0 Å². The minimum Gasteiger partial charge on any atom is -0.361 e. The second-order valence-electron chi connectivity index (χ2n) is 6.12.